The highest BCUT2D eigenvalue weighted by atomic mass is 14.7. The van der Waals surface area contributed by atoms with Crippen LogP contribution in [0, 0.1) is 0 Å². The lowest BCUT2D eigenvalue weighted by molar-refractivity contribution is 0.867. The molecule has 4 aromatic carbocycles. The minimum absolute atomic E-state index is 0.508. The second kappa shape index (κ2) is 6.77. The molecule has 0 unspecified atom stereocenters. The van der Waals surface area contributed by atoms with Gasteiger partial charge in [0.1, 0.15) is 0 Å². The molecule has 1 heteroatoms. The number of para-hydroxylation sites is 1. The van der Waals surface area contributed by atoms with E-state index >= 15 is 0 Å². The van der Waals surface area contributed by atoms with Crippen molar-refractivity contribution in [3.8, 4) is 11.1 Å². The largest absolute Gasteiger partial charge is 0.354 e. The maximum Gasteiger partial charge on any atom is 0.0551 e. The zero-order valence-corrected chi connectivity index (χ0v) is 17.6. The molecule has 0 aliphatic carbocycles. The van der Waals surface area contributed by atoms with Crippen molar-refractivity contribution >= 4 is 32.6 Å². The quantitative estimate of drug-likeness (QED) is 0.325. The van der Waals surface area contributed by atoms with Crippen LogP contribution >= 0.6 is 0 Å². The van der Waals surface area contributed by atoms with E-state index < -0.39 is 0 Å². The fraction of sp³-hybridized carbons (Fsp3) is 0.214. The van der Waals surface area contributed by atoms with E-state index in [-0.39, 0.29) is 0 Å². The molecule has 1 N–H and O–H groups in total. The summed E-state index contributed by atoms with van der Waals surface area (Å²) < 4.78 is 0. The van der Waals surface area contributed by atoms with Gasteiger partial charge in [0.05, 0.1) is 5.52 Å². The van der Waals surface area contributed by atoms with Crippen molar-refractivity contribution in [2.24, 2.45) is 0 Å². The topological polar surface area (TPSA) is 15.8 Å². The molecule has 144 valence electrons. The van der Waals surface area contributed by atoms with Crippen molar-refractivity contribution in [1.82, 2.24) is 4.98 Å². The van der Waals surface area contributed by atoms with Gasteiger partial charge < -0.3 is 4.98 Å². The van der Waals surface area contributed by atoms with Gasteiger partial charge in [-0.3, -0.25) is 0 Å². The van der Waals surface area contributed by atoms with E-state index in [0.717, 1.165) is 0 Å². The van der Waals surface area contributed by atoms with Crippen LogP contribution in [0.2, 0.25) is 0 Å². The van der Waals surface area contributed by atoms with Gasteiger partial charge in [-0.25, -0.2) is 0 Å². The van der Waals surface area contributed by atoms with Crippen molar-refractivity contribution in [1.29, 1.82) is 0 Å². The minimum atomic E-state index is 0.508. The number of hydrogen-bond donors (Lipinski definition) is 1. The summed E-state index contributed by atoms with van der Waals surface area (Å²) in [7, 11) is 0. The van der Waals surface area contributed by atoms with E-state index in [9.17, 15) is 0 Å². The Morgan fingerprint density at radius 2 is 1.31 bits per heavy atom. The zero-order chi connectivity index (χ0) is 20.1. The van der Waals surface area contributed by atoms with Crippen molar-refractivity contribution in [2.75, 3.05) is 0 Å². The first-order chi connectivity index (χ1) is 14.0. The van der Waals surface area contributed by atoms with Crippen molar-refractivity contribution < 1.29 is 0 Å². The number of fused-ring (bicyclic) bond motifs is 4. The second-order valence-electron chi connectivity index (χ2n) is 8.76. The lowest BCUT2D eigenvalue weighted by Gasteiger charge is -2.14. The normalized spacial score (nSPS) is 12.1. The predicted octanol–water partition coefficient (Wildman–Crippen LogP) is 8.39. The molecule has 0 fully saturated rings. The van der Waals surface area contributed by atoms with E-state index in [1.54, 1.807) is 0 Å². The van der Waals surface area contributed by atoms with E-state index in [2.05, 4.69) is 105 Å². The summed E-state index contributed by atoms with van der Waals surface area (Å²) in [6.45, 7) is 9.02. The maximum absolute atomic E-state index is 3.72. The number of rotatable bonds is 3. The monoisotopic (exact) mass is 377 g/mol. The van der Waals surface area contributed by atoms with Crippen LogP contribution < -0.4 is 0 Å². The Labute approximate surface area is 172 Å². The first kappa shape index (κ1) is 18.0. The molecule has 0 spiro atoms. The van der Waals surface area contributed by atoms with Crippen molar-refractivity contribution in [3.05, 3.63) is 83.9 Å². The fourth-order valence-electron chi connectivity index (χ4n) is 4.41. The fourth-order valence-corrected chi connectivity index (χ4v) is 4.41. The molecule has 0 bridgehead atoms. The van der Waals surface area contributed by atoms with Gasteiger partial charge in [0, 0.05) is 21.9 Å². The molecule has 0 saturated carbocycles. The van der Waals surface area contributed by atoms with E-state index in [1.165, 1.54) is 54.8 Å². The lowest BCUT2D eigenvalue weighted by Crippen LogP contribution is -1.91. The Hall–Kier alpha value is -3.06. The molecular formula is C28H27N. The highest BCUT2D eigenvalue weighted by Crippen LogP contribution is 2.40. The van der Waals surface area contributed by atoms with Gasteiger partial charge >= 0.3 is 0 Å². The van der Waals surface area contributed by atoms with Gasteiger partial charge in [0.25, 0.3) is 0 Å². The summed E-state index contributed by atoms with van der Waals surface area (Å²) in [5.74, 6) is 1.05. The smallest absolute Gasteiger partial charge is 0.0551 e. The predicted molar refractivity (Wildman–Crippen MR) is 127 cm³/mol. The Kier molecular flexibility index (Phi) is 4.20. The maximum atomic E-state index is 3.72. The molecule has 0 amide bonds. The number of aromatic nitrogens is 1. The van der Waals surface area contributed by atoms with E-state index in [1.807, 2.05) is 0 Å². The minimum Gasteiger partial charge on any atom is -0.354 e. The molecule has 0 radical (unpaired) electrons. The summed E-state index contributed by atoms with van der Waals surface area (Å²) >= 11 is 0. The van der Waals surface area contributed by atoms with Crippen LogP contribution in [0.4, 0.5) is 0 Å². The number of aromatic amines is 1. The Bertz CT molecular complexity index is 1330. The molecule has 1 nitrogen and oxygen atoms in total. The van der Waals surface area contributed by atoms with Crippen LogP contribution in [0.15, 0.2) is 72.8 Å². The van der Waals surface area contributed by atoms with Gasteiger partial charge in [0.2, 0.25) is 0 Å². The average molecular weight is 378 g/mol. The molecule has 0 saturated heterocycles. The molecule has 1 heterocycles. The van der Waals surface area contributed by atoms with Crippen LogP contribution in [0.5, 0.6) is 0 Å². The first-order valence-corrected chi connectivity index (χ1v) is 10.6. The van der Waals surface area contributed by atoms with Crippen LogP contribution in [-0.4, -0.2) is 4.98 Å². The summed E-state index contributed by atoms with van der Waals surface area (Å²) in [4.78, 5) is 3.72. The van der Waals surface area contributed by atoms with Crippen molar-refractivity contribution in [2.45, 2.75) is 39.5 Å². The third-order valence-corrected chi connectivity index (χ3v) is 6.18. The summed E-state index contributed by atoms with van der Waals surface area (Å²) in [6, 6.07) is 27.0. The standard InChI is InChI=1S/C28H27N/c1-17(2)19-9-11-20(12-10-19)27-24-15-21(18(3)4)13-14-22(24)16-25-23-7-5-6-8-26(23)29-28(25)27/h5-18,29H,1-4H3. The highest BCUT2D eigenvalue weighted by molar-refractivity contribution is 6.19. The molecule has 5 aromatic rings. The number of benzene rings is 4. The third-order valence-electron chi connectivity index (χ3n) is 6.18. The molecule has 0 atom stereocenters. The average Bonchev–Trinajstić information content (AvgIpc) is 3.09. The van der Waals surface area contributed by atoms with E-state index in [0.29, 0.717) is 11.8 Å². The summed E-state index contributed by atoms with van der Waals surface area (Å²) in [6.07, 6.45) is 0. The Balaban J connectivity index is 1.91. The second-order valence-corrected chi connectivity index (χ2v) is 8.76. The van der Waals surface area contributed by atoms with Gasteiger partial charge in [-0.1, -0.05) is 88.4 Å². The molecule has 29 heavy (non-hydrogen) atoms. The van der Waals surface area contributed by atoms with Gasteiger partial charge in [-0.2, -0.15) is 0 Å². The number of nitrogens with one attached hydrogen (secondary N) is 1. The molecular weight excluding hydrogens is 350 g/mol. The van der Waals surface area contributed by atoms with Crippen molar-refractivity contribution in [3.63, 3.8) is 0 Å². The molecule has 1 aromatic heterocycles. The highest BCUT2D eigenvalue weighted by Gasteiger charge is 2.15. The summed E-state index contributed by atoms with van der Waals surface area (Å²) in [5, 5.41) is 5.22. The number of hydrogen-bond acceptors (Lipinski definition) is 0. The van der Waals surface area contributed by atoms with E-state index in [4.69, 9.17) is 0 Å². The Morgan fingerprint density at radius 1 is 0.621 bits per heavy atom. The number of H-pyrrole nitrogens is 1. The zero-order valence-electron chi connectivity index (χ0n) is 17.6. The van der Waals surface area contributed by atoms with Crippen LogP contribution in [0.25, 0.3) is 43.7 Å². The van der Waals surface area contributed by atoms with Crippen LogP contribution in [0.1, 0.15) is 50.7 Å². The SMILES string of the molecule is CC(C)c1ccc(-c2c3cc(C(C)C)ccc3cc3c2[nH]c2ccccc23)cc1. The molecule has 5 rings (SSSR count). The van der Waals surface area contributed by atoms with Gasteiger partial charge in [-0.15, -0.1) is 0 Å². The molecule has 0 aliphatic heterocycles. The first-order valence-electron chi connectivity index (χ1n) is 10.6. The summed E-state index contributed by atoms with van der Waals surface area (Å²) in [5.41, 5.74) is 7.78. The van der Waals surface area contributed by atoms with Gasteiger partial charge in [-0.05, 0) is 51.4 Å². The Morgan fingerprint density at radius 3 is 2.03 bits per heavy atom. The van der Waals surface area contributed by atoms with Gasteiger partial charge in [0.15, 0.2) is 0 Å². The van der Waals surface area contributed by atoms with Crippen LogP contribution in [0.3, 0.4) is 0 Å². The third kappa shape index (κ3) is 2.93. The van der Waals surface area contributed by atoms with Crippen LogP contribution in [-0.2, 0) is 0 Å². The molecule has 0 aliphatic rings. The lowest BCUT2D eigenvalue weighted by atomic mass is 9.90.